The molecular formula is C5H10NP. The van der Waals surface area contributed by atoms with Gasteiger partial charge < -0.3 is 5.73 Å². The fraction of sp³-hybridized carbons (Fsp3) is 0.600. The summed E-state index contributed by atoms with van der Waals surface area (Å²) in [6, 6.07) is 0. The zero-order valence-corrected chi connectivity index (χ0v) is 5.81. The van der Waals surface area contributed by atoms with Crippen molar-refractivity contribution in [3.63, 3.8) is 0 Å². The van der Waals surface area contributed by atoms with Crippen molar-refractivity contribution in [2.24, 2.45) is 5.73 Å². The van der Waals surface area contributed by atoms with Crippen LogP contribution in [0.3, 0.4) is 0 Å². The highest BCUT2D eigenvalue weighted by Crippen LogP contribution is 1.91. The average molecular weight is 115 g/mol. The molecule has 0 aliphatic carbocycles. The van der Waals surface area contributed by atoms with E-state index in [-0.39, 0.29) is 5.54 Å². The normalized spacial score (nSPS) is 9.71. The van der Waals surface area contributed by atoms with Gasteiger partial charge in [0.25, 0.3) is 0 Å². The van der Waals surface area contributed by atoms with E-state index in [1.165, 1.54) is 0 Å². The molecule has 2 heteroatoms. The maximum Gasteiger partial charge on any atom is 0.0722 e. The molecule has 0 aromatic heterocycles. The summed E-state index contributed by atoms with van der Waals surface area (Å²) in [5.74, 6) is 2.78. The van der Waals surface area contributed by atoms with E-state index in [1.54, 1.807) is 0 Å². The van der Waals surface area contributed by atoms with Gasteiger partial charge in [0.05, 0.1) is 5.54 Å². The molecule has 1 unspecified atom stereocenters. The van der Waals surface area contributed by atoms with E-state index in [2.05, 4.69) is 20.8 Å². The van der Waals surface area contributed by atoms with Crippen LogP contribution in [0.2, 0.25) is 0 Å². The van der Waals surface area contributed by atoms with Crippen LogP contribution in [0.4, 0.5) is 0 Å². The van der Waals surface area contributed by atoms with Gasteiger partial charge in [0.15, 0.2) is 0 Å². The van der Waals surface area contributed by atoms with Crippen LogP contribution in [0, 0.1) is 11.6 Å². The van der Waals surface area contributed by atoms with Gasteiger partial charge in [-0.2, -0.15) is 0 Å². The highest BCUT2D eigenvalue weighted by molar-refractivity contribution is 7.23. The first kappa shape index (κ1) is 6.95. The van der Waals surface area contributed by atoms with Gasteiger partial charge in [-0.1, -0.05) is 20.8 Å². The lowest BCUT2D eigenvalue weighted by molar-refractivity contribution is 0.681. The van der Waals surface area contributed by atoms with E-state index in [0.29, 0.717) is 0 Å². The maximum atomic E-state index is 5.46. The van der Waals surface area contributed by atoms with Crippen molar-refractivity contribution in [3.05, 3.63) is 0 Å². The predicted octanol–water partition coefficient (Wildman–Crippen LogP) is 0.560. The van der Waals surface area contributed by atoms with Crippen LogP contribution in [0.1, 0.15) is 13.8 Å². The topological polar surface area (TPSA) is 26.0 Å². The third kappa shape index (κ3) is 5.95. The molecule has 0 fully saturated rings. The van der Waals surface area contributed by atoms with Crippen LogP contribution in [-0.4, -0.2) is 5.54 Å². The second-order valence-corrected chi connectivity index (χ2v) is 2.28. The summed E-state index contributed by atoms with van der Waals surface area (Å²) in [6.45, 7) is 3.73. The molecule has 0 saturated carbocycles. The van der Waals surface area contributed by atoms with Crippen LogP contribution in [0.15, 0.2) is 0 Å². The molecular weight excluding hydrogens is 105 g/mol. The number of nitrogens with two attached hydrogens (primary N) is 1. The largest absolute Gasteiger partial charge is 0.316 e. The first-order valence-electron chi connectivity index (χ1n) is 2.08. The minimum atomic E-state index is -0.332. The maximum absolute atomic E-state index is 5.46. The van der Waals surface area contributed by atoms with Crippen molar-refractivity contribution in [1.82, 2.24) is 0 Å². The molecule has 0 spiro atoms. The molecule has 0 aliphatic rings. The van der Waals surface area contributed by atoms with Crippen LogP contribution < -0.4 is 5.73 Å². The number of hydrogen-bond donors (Lipinski definition) is 1. The van der Waals surface area contributed by atoms with Gasteiger partial charge in [-0.25, -0.2) is 0 Å². The molecule has 1 nitrogen and oxygen atoms in total. The van der Waals surface area contributed by atoms with Crippen LogP contribution in [0.5, 0.6) is 0 Å². The van der Waals surface area contributed by atoms with Crippen LogP contribution >= 0.6 is 9.24 Å². The highest BCUT2D eigenvalue weighted by atomic mass is 31.0. The Kier molecular flexibility index (Phi) is 2.29. The summed E-state index contributed by atoms with van der Waals surface area (Å²) in [7, 11) is 2.30. The smallest absolute Gasteiger partial charge is 0.0722 e. The van der Waals surface area contributed by atoms with Crippen molar-refractivity contribution in [2.45, 2.75) is 19.4 Å². The Hall–Kier alpha value is -0.0500. The third-order valence-corrected chi connectivity index (χ3v) is 0.539. The molecule has 0 heterocycles. The Morgan fingerprint density at radius 1 is 1.57 bits per heavy atom. The van der Waals surface area contributed by atoms with Gasteiger partial charge in [-0.05, 0) is 13.8 Å². The second kappa shape index (κ2) is 2.31. The second-order valence-electron chi connectivity index (χ2n) is 1.99. The summed E-state index contributed by atoms with van der Waals surface area (Å²) in [5.41, 5.74) is 7.78. The van der Waals surface area contributed by atoms with E-state index in [0.717, 1.165) is 0 Å². The number of rotatable bonds is 0. The van der Waals surface area contributed by atoms with Crippen LogP contribution in [-0.2, 0) is 0 Å². The quantitative estimate of drug-likeness (QED) is 0.362. The van der Waals surface area contributed by atoms with Gasteiger partial charge in [0, 0.05) is 0 Å². The SMILES string of the molecule is CC(C)(N)C#CP. The molecule has 40 valence electrons. The minimum Gasteiger partial charge on any atom is -0.316 e. The van der Waals surface area contributed by atoms with Gasteiger partial charge in [-0.15, -0.1) is 0 Å². The average Bonchev–Trinajstić information content (AvgIpc) is 1.30. The predicted molar refractivity (Wildman–Crippen MR) is 35.8 cm³/mol. The monoisotopic (exact) mass is 115 g/mol. The van der Waals surface area contributed by atoms with Gasteiger partial charge >= 0.3 is 0 Å². The molecule has 1 atom stereocenters. The van der Waals surface area contributed by atoms with Gasteiger partial charge in [-0.3, -0.25) is 0 Å². The van der Waals surface area contributed by atoms with Gasteiger partial charge in [0.2, 0.25) is 0 Å². The molecule has 0 bridgehead atoms. The zero-order valence-electron chi connectivity index (χ0n) is 4.65. The minimum absolute atomic E-state index is 0.332. The summed E-state index contributed by atoms with van der Waals surface area (Å²) in [4.78, 5) is 0. The van der Waals surface area contributed by atoms with E-state index < -0.39 is 0 Å². The lowest BCUT2D eigenvalue weighted by atomic mass is 10.1. The molecule has 0 radical (unpaired) electrons. The summed E-state index contributed by atoms with van der Waals surface area (Å²) in [5, 5.41) is 0. The molecule has 0 rings (SSSR count). The first-order chi connectivity index (χ1) is 3.06. The van der Waals surface area contributed by atoms with Crippen molar-refractivity contribution >= 4 is 9.24 Å². The Bertz CT molecular complexity index is 101. The van der Waals surface area contributed by atoms with Crippen molar-refractivity contribution in [3.8, 4) is 11.6 Å². The summed E-state index contributed by atoms with van der Waals surface area (Å²) < 4.78 is 0. The Morgan fingerprint density at radius 2 is 2.00 bits per heavy atom. The molecule has 0 aromatic rings. The van der Waals surface area contributed by atoms with Crippen LogP contribution in [0.25, 0.3) is 0 Å². The zero-order chi connectivity index (χ0) is 5.91. The van der Waals surface area contributed by atoms with Crippen molar-refractivity contribution in [2.75, 3.05) is 0 Å². The van der Waals surface area contributed by atoms with E-state index in [9.17, 15) is 0 Å². The van der Waals surface area contributed by atoms with Gasteiger partial charge in [0.1, 0.15) is 0 Å². The Labute approximate surface area is 46.9 Å². The number of hydrogen-bond acceptors (Lipinski definition) is 1. The van der Waals surface area contributed by atoms with E-state index in [1.807, 2.05) is 13.8 Å². The highest BCUT2D eigenvalue weighted by Gasteiger charge is 2.01. The third-order valence-electron chi connectivity index (χ3n) is 0.394. The summed E-state index contributed by atoms with van der Waals surface area (Å²) in [6.07, 6.45) is 0. The molecule has 0 aliphatic heterocycles. The molecule has 0 saturated heterocycles. The summed E-state index contributed by atoms with van der Waals surface area (Å²) >= 11 is 0. The fourth-order valence-electron chi connectivity index (χ4n) is 0.186. The standard InChI is InChI=1S/C5H10NP/c1-5(2,6)3-4-7/h6-7H2,1-2H3. The Morgan fingerprint density at radius 3 is 2.00 bits per heavy atom. The molecule has 0 amide bonds. The lowest BCUT2D eigenvalue weighted by Gasteiger charge is -2.06. The van der Waals surface area contributed by atoms with Crippen molar-refractivity contribution in [1.29, 1.82) is 0 Å². The van der Waals surface area contributed by atoms with E-state index in [4.69, 9.17) is 5.73 Å². The molecule has 0 aromatic carbocycles. The fourth-order valence-corrected chi connectivity index (χ4v) is 0.558. The van der Waals surface area contributed by atoms with Crippen molar-refractivity contribution < 1.29 is 0 Å². The lowest BCUT2D eigenvalue weighted by Crippen LogP contribution is -2.29. The Balaban J connectivity index is 3.72. The first-order valence-corrected chi connectivity index (χ1v) is 2.65. The molecule has 2 N–H and O–H groups in total. The molecule has 7 heavy (non-hydrogen) atoms. The van der Waals surface area contributed by atoms with E-state index >= 15 is 0 Å².